The molecule has 6 heteroatoms. The number of nitrogens with zero attached hydrogens (tertiary/aromatic N) is 2. The van der Waals surface area contributed by atoms with E-state index in [0.717, 1.165) is 17.7 Å². The summed E-state index contributed by atoms with van der Waals surface area (Å²) in [5.74, 6) is -0.0267. The molecule has 2 rings (SSSR count). The second kappa shape index (κ2) is 6.26. The van der Waals surface area contributed by atoms with Gasteiger partial charge in [-0.25, -0.2) is 0 Å². The molecule has 0 aliphatic heterocycles. The van der Waals surface area contributed by atoms with E-state index >= 15 is 0 Å². The minimum atomic E-state index is -0.422. The molecule has 3 N–H and O–H groups in total. The number of fused-ring (bicyclic) bond motifs is 1. The molecule has 1 atom stereocenters. The van der Waals surface area contributed by atoms with E-state index in [1.54, 1.807) is 25.3 Å². The summed E-state index contributed by atoms with van der Waals surface area (Å²) in [5, 5.41) is 11.7. The van der Waals surface area contributed by atoms with Crippen LogP contribution in [-0.4, -0.2) is 34.9 Å². The number of carbonyl (C=O) groups excluding carboxylic acids is 1. The lowest BCUT2D eigenvalue weighted by atomic mass is 10.1. The zero-order valence-corrected chi connectivity index (χ0v) is 12.7. The summed E-state index contributed by atoms with van der Waals surface area (Å²) in [4.78, 5) is 16.1. The molecule has 5 nitrogen and oxygen atoms in total. The average molecular weight is 295 g/mol. The Balaban J connectivity index is 2.17. The summed E-state index contributed by atoms with van der Waals surface area (Å²) < 4.78 is 0. The summed E-state index contributed by atoms with van der Waals surface area (Å²) in [7, 11) is 1.68. The van der Waals surface area contributed by atoms with Crippen molar-refractivity contribution in [1.82, 2.24) is 4.90 Å². The molecule has 0 bridgehead atoms. The van der Waals surface area contributed by atoms with Crippen molar-refractivity contribution >= 4 is 23.1 Å². The molecular weight excluding hydrogens is 274 g/mol. The molecule has 0 aromatic carbocycles. The summed E-state index contributed by atoms with van der Waals surface area (Å²) >= 11 is 1.59. The van der Waals surface area contributed by atoms with Crippen molar-refractivity contribution in [2.45, 2.75) is 45.1 Å². The smallest absolute Gasteiger partial charge is 0.264 e. The molecule has 110 valence electrons. The van der Waals surface area contributed by atoms with Crippen LogP contribution in [0.2, 0.25) is 0 Å². The Bertz CT molecular complexity index is 501. The SMILES string of the molecule is CC(C(N)=NO)N(C)C(=O)c1cc2c(s1)CCCCC2. The largest absolute Gasteiger partial charge is 0.409 e. The molecule has 1 aromatic rings. The normalized spacial score (nSPS) is 17.2. The Labute approximate surface area is 123 Å². The van der Waals surface area contributed by atoms with Gasteiger partial charge in [-0.1, -0.05) is 11.6 Å². The molecule has 1 aromatic heterocycles. The first-order valence-electron chi connectivity index (χ1n) is 6.90. The van der Waals surface area contributed by atoms with Crippen LogP contribution in [0.15, 0.2) is 11.2 Å². The first-order chi connectivity index (χ1) is 9.54. The highest BCUT2D eigenvalue weighted by Crippen LogP contribution is 2.29. The van der Waals surface area contributed by atoms with Crippen molar-refractivity contribution in [3.8, 4) is 0 Å². The molecule has 1 heterocycles. The van der Waals surface area contributed by atoms with Gasteiger partial charge in [0.1, 0.15) is 0 Å². The van der Waals surface area contributed by atoms with E-state index in [0.29, 0.717) is 0 Å². The van der Waals surface area contributed by atoms with Gasteiger partial charge in [0.05, 0.1) is 10.9 Å². The highest BCUT2D eigenvalue weighted by molar-refractivity contribution is 7.14. The second-order valence-electron chi connectivity index (χ2n) is 5.24. The van der Waals surface area contributed by atoms with Crippen molar-refractivity contribution in [3.63, 3.8) is 0 Å². The molecule has 0 saturated heterocycles. The second-order valence-corrected chi connectivity index (χ2v) is 6.37. The lowest BCUT2D eigenvalue weighted by Crippen LogP contribution is -2.43. The average Bonchev–Trinajstić information content (AvgIpc) is 2.75. The number of carbonyl (C=O) groups is 1. The van der Waals surface area contributed by atoms with Crippen molar-refractivity contribution in [2.75, 3.05) is 7.05 Å². The number of oxime groups is 1. The fourth-order valence-corrected chi connectivity index (χ4v) is 3.64. The first-order valence-corrected chi connectivity index (χ1v) is 7.72. The highest BCUT2D eigenvalue weighted by Gasteiger charge is 2.23. The van der Waals surface area contributed by atoms with Crippen molar-refractivity contribution < 1.29 is 10.0 Å². The molecule has 0 spiro atoms. The number of hydrogen-bond acceptors (Lipinski definition) is 4. The topological polar surface area (TPSA) is 78.9 Å². The number of nitrogens with two attached hydrogens (primary N) is 1. The van der Waals surface area contributed by atoms with E-state index in [2.05, 4.69) is 5.16 Å². The monoisotopic (exact) mass is 295 g/mol. The van der Waals surface area contributed by atoms with Crippen LogP contribution >= 0.6 is 11.3 Å². The van der Waals surface area contributed by atoms with Crippen LogP contribution in [0.5, 0.6) is 0 Å². The van der Waals surface area contributed by atoms with Gasteiger partial charge in [0.15, 0.2) is 5.84 Å². The van der Waals surface area contributed by atoms with E-state index in [9.17, 15) is 4.79 Å². The zero-order valence-electron chi connectivity index (χ0n) is 11.9. The minimum Gasteiger partial charge on any atom is -0.409 e. The first kappa shape index (κ1) is 14.8. The van der Waals surface area contributed by atoms with Crippen LogP contribution in [0.25, 0.3) is 0 Å². The van der Waals surface area contributed by atoms with E-state index in [-0.39, 0.29) is 11.7 Å². The maximum absolute atomic E-state index is 12.5. The Hall–Kier alpha value is -1.56. The number of amides is 1. The van der Waals surface area contributed by atoms with Crippen LogP contribution in [0.1, 0.15) is 46.3 Å². The maximum atomic E-state index is 12.5. The van der Waals surface area contributed by atoms with Gasteiger partial charge in [0.25, 0.3) is 5.91 Å². The summed E-state index contributed by atoms with van der Waals surface area (Å²) in [6.07, 6.45) is 5.82. The molecule has 1 unspecified atom stereocenters. The van der Waals surface area contributed by atoms with Crippen LogP contribution in [0, 0.1) is 0 Å². The quantitative estimate of drug-likeness (QED) is 0.295. The van der Waals surface area contributed by atoms with Gasteiger partial charge in [0, 0.05) is 11.9 Å². The van der Waals surface area contributed by atoms with E-state index in [1.807, 2.05) is 6.07 Å². The molecule has 0 fully saturated rings. The fourth-order valence-electron chi connectivity index (χ4n) is 2.40. The molecule has 20 heavy (non-hydrogen) atoms. The van der Waals surface area contributed by atoms with E-state index in [1.165, 1.54) is 34.6 Å². The van der Waals surface area contributed by atoms with Crippen molar-refractivity contribution in [1.29, 1.82) is 0 Å². The molecule has 1 aliphatic rings. The number of likely N-dealkylation sites (N-methyl/N-ethyl adjacent to an activating group) is 1. The van der Waals surface area contributed by atoms with Gasteiger partial charge in [-0.05, 0) is 44.2 Å². The number of amidine groups is 1. The Morgan fingerprint density at radius 2 is 2.15 bits per heavy atom. The van der Waals surface area contributed by atoms with Crippen LogP contribution in [-0.2, 0) is 12.8 Å². The van der Waals surface area contributed by atoms with Gasteiger partial charge < -0.3 is 15.8 Å². The van der Waals surface area contributed by atoms with Gasteiger partial charge >= 0.3 is 0 Å². The number of rotatable bonds is 3. The maximum Gasteiger partial charge on any atom is 0.264 e. The predicted octanol–water partition coefficient (Wildman–Crippen LogP) is 2.22. The third kappa shape index (κ3) is 2.95. The zero-order chi connectivity index (χ0) is 14.7. The van der Waals surface area contributed by atoms with Gasteiger partial charge in [-0.2, -0.15) is 0 Å². The van der Waals surface area contributed by atoms with Gasteiger partial charge in [0.2, 0.25) is 0 Å². The third-order valence-electron chi connectivity index (χ3n) is 3.90. The minimum absolute atomic E-state index is 0.0407. The number of thiophene rings is 1. The van der Waals surface area contributed by atoms with Gasteiger partial charge in [-0.3, -0.25) is 4.79 Å². The number of aryl methyl sites for hydroxylation is 2. The Morgan fingerprint density at radius 1 is 1.45 bits per heavy atom. The fraction of sp³-hybridized carbons (Fsp3) is 0.571. The summed E-state index contributed by atoms with van der Waals surface area (Å²) in [5.41, 5.74) is 6.88. The van der Waals surface area contributed by atoms with Crippen molar-refractivity contribution in [2.24, 2.45) is 10.9 Å². The van der Waals surface area contributed by atoms with E-state index < -0.39 is 6.04 Å². The summed E-state index contributed by atoms with van der Waals surface area (Å²) in [6.45, 7) is 1.74. The lowest BCUT2D eigenvalue weighted by molar-refractivity contribution is 0.0781. The molecular formula is C14H21N3O2S. The van der Waals surface area contributed by atoms with Gasteiger partial charge in [-0.15, -0.1) is 11.3 Å². The van der Waals surface area contributed by atoms with Crippen LogP contribution < -0.4 is 5.73 Å². The molecule has 0 saturated carbocycles. The molecule has 1 aliphatic carbocycles. The Kier molecular flexibility index (Phi) is 4.65. The third-order valence-corrected chi connectivity index (χ3v) is 5.13. The summed E-state index contributed by atoms with van der Waals surface area (Å²) in [6, 6.07) is 1.60. The van der Waals surface area contributed by atoms with Crippen molar-refractivity contribution in [3.05, 3.63) is 21.4 Å². The highest BCUT2D eigenvalue weighted by atomic mass is 32.1. The van der Waals surface area contributed by atoms with Crippen LogP contribution in [0.4, 0.5) is 0 Å². The lowest BCUT2D eigenvalue weighted by Gasteiger charge is -2.23. The Morgan fingerprint density at radius 3 is 2.85 bits per heavy atom. The molecule has 0 radical (unpaired) electrons. The van der Waals surface area contributed by atoms with Crippen LogP contribution in [0.3, 0.4) is 0 Å². The standard InChI is InChI=1S/C14H21N3O2S/c1-9(13(15)16-19)17(2)14(18)12-8-10-6-4-3-5-7-11(10)20-12/h8-9,19H,3-7H2,1-2H3,(H2,15,16). The van der Waals surface area contributed by atoms with E-state index in [4.69, 9.17) is 10.9 Å². The number of hydrogen-bond donors (Lipinski definition) is 2. The molecule has 1 amide bonds. The predicted molar refractivity (Wildman–Crippen MR) is 80.5 cm³/mol.